The third-order valence-electron chi connectivity index (χ3n) is 4.18. The van der Waals surface area contributed by atoms with Gasteiger partial charge < -0.3 is 10.6 Å². The summed E-state index contributed by atoms with van der Waals surface area (Å²) in [4.78, 5) is 2.48. The molecule has 1 fully saturated rings. The van der Waals surface area contributed by atoms with Gasteiger partial charge in [0.05, 0.1) is 5.69 Å². The van der Waals surface area contributed by atoms with Gasteiger partial charge in [-0.15, -0.1) is 0 Å². The van der Waals surface area contributed by atoms with Crippen LogP contribution in [-0.4, -0.2) is 35.1 Å². The third kappa shape index (κ3) is 2.97. The van der Waals surface area contributed by atoms with E-state index in [9.17, 15) is 8.42 Å². The van der Waals surface area contributed by atoms with Gasteiger partial charge in [0, 0.05) is 13.1 Å². The Morgan fingerprint density at radius 3 is 2.75 bits per heavy atom. The van der Waals surface area contributed by atoms with Crippen LogP contribution < -0.4 is 15.4 Å². The minimum absolute atomic E-state index is 0.341. The molecule has 0 spiro atoms. The summed E-state index contributed by atoms with van der Waals surface area (Å²) in [5, 5.41) is 0. The Morgan fingerprint density at radius 1 is 1.40 bits per heavy atom. The molecule has 2 rings (SSSR count). The lowest BCUT2D eigenvalue weighted by Gasteiger charge is -2.38. The van der Waals surface area contributed by atoms with Crippen LogP contribution in [0.5, 0.6) is 0 Å². The maximum atomic E-state index is 12.1. The van der Waals surface area contributed by atoms with Crippen molar-refractivity contribution in [2.45, 2.75) is 18.2 Å². The highest BCUT2D eigenvalue weighted by Crippen LogP contribution is 2.31. The van der Waals surface area contributed by atoms with Crippen LogP contribution in [0, 0.1) is 11.8 Å². The molecule has 20 heavy (non-hydrogen) atoms. The maximum absolute atomic E-state index is 12.1. The number of nitrogens with zero attached hydrogens (tertiary/aromatic N) is 1. The van der Waals surface area contributed by atoms with Crippen LogP contribution in [0.3, 0.4) is 0 Å². The smallest absolute Gasteiger partial charge is 0.242 e. The van der Waals surface area contributed by atoms with E-state index in [1.54, 1.807) is 12.1 Å². The second-order valence-electron chi connectivity index (χ2n) is 5.38. The van der Waals surface area contributed by atoms with Crippen LogP contribution in [0.25, 0.3) is 0 Å². The first kappa shape index (κ1) is 15.3. The summed E-state index contributed by atoms with van der Waals surface area (Å²) in [6.07, 6.45) is 1.04. The van der Waals surface area contributed by atoms with Crippen LogP contribution in [0.15, 0.2) is 29.2 Å². The summed E-state index contributed by atoms with van der Waals surface area (Å²) in [5.74, 6) is 0.999. The molecular weight excluding hydrogens is 274 g/mol. The summed E-state index contributed by atoms with van der Waals surface area (Å²) in [6, 6.07) is 7.14. The lowest BCUT2D eigenvalue weighted by atomic mass is 9.87. The molecule has 0 radical (unpaired) electrons. The molecule has 5 nitrogen and oxygen atoms in total. The number of anilines is 1. The number of hydrogen-bond acceptors (Lipinski definition) is 4. The van der Waals surface area contributed by atoms with Gasteiger partial charge >= 0.3 is 0 Å². The molecule has 112 valence electrons. The number of para-hydroxylation sites is 1. The molecule has 1 heterocycles. The highest BCUT2D eigenvalue weighted by Gasteiger charge is 2.28. The van der Waals surface area contributed by atoms with E-state index in [1.807, 2.05) is 12.1 Å². The first-order valence-corrected chi connectivity index (χ1v) is 8.45. The molecule has 2 atom stereocenters. The summed E-state index contributed by atoms with van der Waals surface area (Å²) < 4.78 is 26.6. The lowest BCUT2D eigenvalue weighted by molar-refractivity contribution is 0.307. The average Bonchev–Trinajstić information content (AvgIpc) is 2.48. The monoisotopic (exact) mass is 297 g/mol. The number of rotatable bonds is 4. The van der Waals surface area contributed by atoms with Crippen molar-refractivity contribution in [1.29, 1.82) is 0 Å². The highest BCUT2D eigenvalue weighted by atomic mass is 32.2. The van der Waals surface area contributed by atoms with Gasteiger partial charge in [-0.3, -0.25) is 0 Å². The molecule has 0 aliphatic carbocycles. The molecule has 1 saturated heterocycles. The summed E-state index contributed by atoms with van der Waals surface area (Å²) in [6.45, 7) is 4.53. The Morgan fingerprint density at radius 2 is 2.10 bits per heavy atom. The summed E-state index contributed by atoms with van der Waals surface area (Å²) in [5.41, 5.74) is 6.60. The van der Waals surface area contributed by atoms with Crippen LogP contribution >= 0.6 is 0 Å². The number of piperidine rings is 1. The molecule has 1 aliphatic rings. The average molecular weight is 297 g/mol. The van der Waals surface area contributed by atoms with E-state index < -0.39 is 10.0 Å². The Kier molecular flexibility index (Phi) is 4.67. The fourth-order valence-electron chi connectivity index (χ4n) is 2.73. The van der Waals surface area contributed by atoms with Crippen LogP contribution in [0.1, 0.15) is 13.3 Å². The minimum Gasteiger partial charge on any atom is -0.370 e. The van der Waals surface area contributed by atoms with Crippen molar-refractivity contribution < 1.29 is 8.42 Å². The van der Waals surface area contributed by atoms with Crippen molar-refractivity contribution in [2.75, 3.05) is 31.6 Å². The van der Waals surface area contributed by atoms with Gasteiger partial charge in [0.15, 0.2) is 0 Å². The molecule has 6 heteroatoms. The van der Waals surface area contributed by atoms with Crippen molar-refractivity contribution in [3.8, 4) is 0 Å². The lowest BCUT2D eigenvalue weighted by Crippen LogP contribution is -2.43. The first-order chi connectivity index (χ1) is 9.49. The van der Waals surface area contributed by atoms with E-state index in [4.69, 9.17) is 5.73 Å². The van der Waals surface area contributed by atoms with E-state index in [0.717, 1.165) is 25.2 Å². The fraction of sp³-hybridized carbons (Fsp3) is 0.571. The van der Waals surface area contributed by atoms with Gasteiger partial charge in [-0.2, -0.15) is 0 Å². The van der Waals surface area contributed by atoms with Crippen molar-refractivity contribution in [2.24, 2.45) is 17.6 Å². The molecule has 0 amide bonds. The first-order valence-electron chi connectivity index (χ1n) is 6.97. The van der Waals surface area contributed by atoms with E-state index in [-0.39, 0.29) is 0 Å². The maximum Gasteiger partial charge on any atom is 0.242 e. The highest BCUT2D eigenvalue weighted by molar-refractivity contribution is 7.89. The predicted molar refractivity (Wildman–Crippen MR) is 81.2 cm³/mol. The van der Waals surface area contributed by atoms with Gasteiger partial charge in [0.2, 0.25) is 10.0 Å². The van der Waals surface area contributed by atoms with Crippen molar-refractivity contribution >= 4 is 15.7 Å². The normalized spacial score (nSPS) is 23.9. The topological polar surface area (TPSA) is 75.4 Å². The number of hydrogen-bond donors (Lipinski definition) is 2. The molecule has 2 unspecified atom stereocenters. The number of nitrogens with two attached hydrogens (primary N) is 1. The Labute approximate surface area is 121 Å². The van der Waals surface area contributed by atoms with Gasteiger partial charge in [0.25, 0.3) is 0 Å². The molecule has 1 aromatic rings. The van der Waals surface area contributed by atoms with E-state index >= 15 is 0 Å². The van der Waals surface area contributed by atoms with E-state index in [2.05, 4.69) is 16.5 Å². The van der Waals surface area contributed by atoms with Crippen LogP contribution in [0.2, 0.25) is 0 Å². The van der Waals surface area contributed by atoms with Crippen LogP contribution in [-0.2, 0) is 10.0 Å². The SMILES string of the molecule is CNS(=O)(=O)c1ccccc1N1CCC(C)C(CN)C1. The van der Waals surface area contributed by atoms with Crippen molar-refractivity contribution in [3.05, 3.63) is 24.3 Å². The number of benzene rings is 1. The minimum atomic E-state index is -3.44. The second kappa shape index (κ2) is 6.11. The Hall–Kier alpha value is -1.11. The van der Waals surface area contributed by atoms with Gasteiger partial charge in [-0.1, -0.05) is 19.1 Å². The quantitative estimate of drug-likeness (QED) is 0.870. The molecule has 0 saturated carbocycles. The third-order valence-corrected chi connectivity index (χ3v) is 5.64. The van der Waals surface area contributed by atoms with Gasteiger partial charge in [0.1, 0.15) is 4.90 Å². The molecule has 0 aromatic heterocycles. The van der Waals surface area contributed by atoms with Crippen molar-refractivity contribution in [3.63, 3.8) is 0 Å². The molecule has 1 aliphatic heterocycles. The Balaban J connectivity index is 2.34. The fourth-order valence-corrected chi connectivity index (χ4v) is 3.68. The predicted octanol–water partition coefficient (Wildman–Crippen LogP) is 1.02. The van der Waals surface area contributed by atoms with Gasteiger partial charge in [-0.25, -0.2) is 13.1 Å². The number of sulfonamides is 1. The molecule has 1 aromatic carbocycles. The zero-order valence-corrected chi connectivity index (χ0v) is 12.9. The van der Waals surface area contributed by atoms with E-state index in [1.165, 1.54) is 7.05 Å². The number of nitrogens with one attached hydrogen (secondary N) is 1. The molecule has 3 N–H and O–H groups in total. The van der Waals surface area contributed by atoms with Gasteiger partial charge in [-0.05, 0) is 44.0 Å². The standard InChI is InChI=1S/C14H23N3O2S/c1-11-7-8-17(10-12(11)9-15)13-5-3-4-6-14(13)20(18,19)16-2/h3-6,11-12,16H,7-10,15H2,1-2H3. The summed E-state index contributed by atoms with van der Waals surface area (Å²) in [7, 11) is -2.00. The zero-order chi connectivity index (χ0) is 14.8. The van der Waals surface area contributed by atoms with Crippen molar-refractivity contribution in [1.82, 2.24) is 4.72 Å². The largest absolute Gasteiger partial charge is 0.370 e. The Bertz CT molecular complexity index is 559. The van der Waals surface area contributed by atoms with Crippen LogP contribution in [0.4, 0.5) is 5.69 Å². The summed E-state index contributed by atoms with van der Waals surface area (Å²) >= 11 is 0. The van der Waals surface area contributed by atoms with E-state index in [0.29, 0.717) is 23.3 Å². The molecular formula is C14H23N3O2S. The molecule has 0 bridgehead atoms. The zero-order valence-electron chi connectivity index (χ0n) is 12.0. The second-order valence-corrected chi connectivity index (χ2v) is 7.24.